The summed E-state index contributed by atoms with van der Waals surface area (Å²) in [6.07, 6.45) is 8.92. The SMILES string of the molecule is CCCCCCNc1ccc(S(=O)(=O)Nc2ccc(NC(=O)NCC(=O)NC(C)CCCC(C)C)cc2)cn1. The van der Waals surface area contributed by atoms with Gasteiger partial charge in [0.1, 0.15) is 10.7 Å². The van der Waals surface area contributed by atoms with Gasteiger partial charge in [0, 0.05) is 30.2 Å². The third-order valence-corrected chi connectivity index (χ3v) is 7.38. The number of amides is 3. The van der Waals surface area contributed by atoms with Gasteiger partial charge in [-0.2, -0.15) is 0 Å². The minimum absolute atomic E-state index is 0.0446. The third-order valence-electron chi connectivity index (χ3n) is 6.01. The van der Waals surface area contributed by atoms with Gasteiger partial charge in [0.2, 0.25) is 5.91 Å². The minimum atomic E-state index is -3.82. The molecule has 0 aliphatic rings. The summed E-state index contributed by atoms with van der Waals surface area (Å²) in [7, 11) is -3.82. The van der Waals surface area contributed by atoms with Crippen LogP contribution in [0, 0.1) is 5.92 Å². The number of hydrogen-bond acceptors (Lipinski definition) is 6. The van der Waals surface area contributed by atoms with E-state index in [1.165, 1.54) is 25.1 Å². The molecular formula is C28H44N6O4S. The van der Waals surface area contributed by atoms with E-state index in [1.807, 2.05) is 6.92 Å². The number of sulfonamides is 1. The summed E-state index contributed by atoms with van der Waals surface area (Å²) < 4.78 is 28.0. The molecular weight excluding hydrogens is 516 g/mol. The van der Waals surface area contributed by atoms with E-state index < -0.39 is 16.1 Å². The first kappa shape index (κ1) is 31.9. The van der Waals surface area contributed by atoms with Crippen molar-refractivity contribution in [3.8, 4) is 0 Å². The van der Waals surface area contributed by atoms with Crippen LogP contribution >= 0.6 is 0 Å². The van der Waals surface area contributed by atoms with E-state index in [0.29, 0.717) is 23.1 Å². The molecule has 216 valence electrons. The van der Waals surface area contributed by atoms with Crippen molar-refractivity contribution in [1.29, 1.82) is 0 Å². The van der Waals surface area contributed by atoms with E-state index in [4.69, 9.17) is 0 Å². The number of benzene rings is 1. The lowest BCUT2D eigenvalue weighted by molar-refractivity contribution is -0.120. The van der Waals surface area contributed by atoms with E-state index >= 15 is 0 Å². The molecule has 1 aromatic heterocycles. The Labute approximate surface area is 233 Å². The number of urea groups is 1. The van der Waals surface area contributed by atoms with Gasteiger partial charge in [0.05, 0.1) is 6.54 Å². The van der Waals surface area contributed by atoms with Crippen molar-refractivity contribution >= 4 is 39.2 Å². The summed E-state index contributed by atoms with van der Waals surface area (Å²) in [5.74, 6) is 1.01. The Morgan fingerprint density at radius 2 is 1.62 bits per heavy atom. The first-order valence-electron chi connectivity index (χ1n) is 13.8. The quantitative estimate of drug-likeness (QED) is 0.166. The molecule has 0 saturated carbocycles. The van der Waals surface area contributed by atoms with Crippen LogP contribution in [-0.2, 0) is 14.8 Å². The van der Waals surface area contributed by atoms with Gasteiger partial charge in [-0.15, -0.1) is 0 Å². The molecule has 1 heterocycles. The highest BCUT2D eigenvalue weighted by molar-refractivity contribution is 7.92. The summed E-state index contributed by atoms with van der Waals surface area (Å²) in [4.78, 5) is 28.5. The molecule has 1 unspecified atom stereocenters. The maximum atomic E-state index is 12.7. The van der Waals surface area contributed by atoms with Crippen molar-refractivity contribution in [2.24, 2.45) is 5.92 Å². The van der Waals surface area contributed by atoms with Crippen molar-refractivity contribution in [3.05, 3.63) is 42.6 Å². The zero-order valence-electron chi connectivity index (χ0n) is 23.5. The standard InChI is InChI=1S/C28H44N6O4S/c1-5-6-7-8-18-29-26-17-16-25(19-30-26)39(37,38)34-24-14-12-23(13-15-24)33-28(36)31-20-27(35)32-22(4)11-9-10-21(2)3/h12-17,19,21-22,34H,5-11,18,20H2,1-4H3,(H,29,30)(H,32,35)(H2,31,33,36). The van der Waals surface area contributed by atoms with Gasteiger partial charge in [0.25, 0.3) is 10.0 Å². The summed E-state index contributed by atoms with van der Waals surface area (Å²) in [6, 6.07) is 8.88. The van der Waals surface area contributed by atoms with E-state index in [1.54, 1.807) is 30.3 Å². The Hall–Kier alpha value is -3.34. The second-order valence-electron chi connectivity index (χ2n) is 10.2. The number of nitrogens with zero attached hydrogens (tertiary/aromatic N) is 1. The van der Waals surface area contributed by atoms with Crippen LogP contribution in [0.25, 0.3) is 0 Å². The first-order valence-corrected chi connectivity index (χ1v) is 15.2. The van der Waals surface area contributed by atoms with Crippen molar-refractivity contribution in [1.82, 2.24) is 15.6 Å². The molecule has 2 rings (SSSR count). The Kier molecular flexibility index (Phi) is 13.6. The molecule has 0 radical (unpaired) electrons. The van der Waals surface area contributed by atoms with Gasteiger partial charge in [-0.3, -0.25) is 9.52 Å². The molecule has 0 aliphatic heterocycles. The topological polar surface area (TPSA) is 141 Å². The zero-order valence-corrected chi connectivity index (χ0v) is 24.4. The molecule has 0 spiro atoms. The van der Waals surface area contributed by atoms with Crippen LogP contribution in [0.3, 0.4) is 0 Å². The number of nitrogens with one attached hydrogen (secondary N) is 5. The predicted molar refractivity (Wildman–Crippen MR) is 157 cm³/mol. The summed E-state index contributed by atoms with van der Waals surface area (Å²) in [6.45, 7) is 9.11. The average Bonchev–Trinajstić information content (AvgIpc) is 2.88. The number of aromatic nitrogens is 1. The zero-order chi connectivity index (χ0) is 28.7. The molecule has 5 N–H and O–H groups in total. The highest BCUT2D eigenvalue weighted by Gasteiger charge is 2.15. The number of carbonyl (C=O) groups is 2. The van der Waals surface area contributed by atoms with Crippen LogP contribution in [0.2, 0.25) is 0 Å². The van der Waals surface area contributed by atoms with E-state index in [9.17, 15) is 18.0 Å². The molecule has 1 atom stereocenters. The largest absolute Gasteiger partial charge is 0.370 e. The maximum absolute atomic E-state index is 12.7. The van der Waals surface area contributed by atoms with Crippen LogP contribution < -0.4 is 26.0 Å². The molecule has 39 heavy (non-hydrogen) atoms. The number of rotatable bonds is 17. The molecule has 10 nitrogen and oxygen atoms in total. The fraction of sp³-hybridized carbons (Fsp3) is 0.536. The van der Waals surface area contributed by atoms with Crippen molar-refractivity contribution in [2.45, 2.75) is 83.6 Å². The Morgan fingerprint density at radius 3 is 2.26 bits per heavy atom. The van der Waals surface area contributed by atoms with Gasteiger partial charge < -0.3 is 21.3 Å². The predicted octanol–water partition coefficient (Wildman–Crippen LogP) is 5.33. The summed E-state index contributed by atoms with van der Waals surface area (Å²) in [5, 5.41) is 11.2. The fourth-order valence-electron chi connectivity index (χ4n) is 3.81. The lowest BCUT2D eigenvalue weighted by atomic mass is 10.0. The van der Waals surface area contributed by atoms with Crippen molar-refractivity contribution in [2.75, 3.05) is 28.4 Å². The van der Waals surface area contributed by atoms with E-state index in [2.05, 4.69) is 51.7 Å². The number of anilines is 3. The number of hydrogen-bond donors (Lipinski definition) is 5. The van der Waals surface area contributed by atoms with Crippen LogP contribution in [0.5, 0.6) is 0 Å². The Morgan fingerprint density at radius 1 is 0.897 bits per heavy atom. The number of carbonyl (C=O) groups excluding carboxylic acids is 2. The van der Waals surface area contributed by atoms with Gasteiger partial charge in [-0.1, -0.05) is 52.9 Å². The molecule has 11 heteroatoms. The summed E-state index contributed by atoms with van der Waals surface area (Å²) in [5.41, 5.74) is 0.791. The van der Waals surface area contributed by atoms with Gasteiger partial charge >= 0.3 is 6.03 Å². The second-order valence-corrected chi connectivity index (χ2v) is 11.8. The highest BCUT2D eigenvalue weighted by Crippen LogP contribution is 2.19. The highest BCUT2D eigenvalue weighted by atomic mass is 32.2. The normalized spacial score (nSPS) is 12.0. The molecule has 0 saturated heterocycles. The first-order chi connectivity index (χ1) is 18.6. The molecule has 1 aromatic carbocycles. The Bertz CT molecular complexity index is 1120. The molecule has 0 bridgehead atoms. The van der Waals surface area contributed by atoms with E-state index in [-0.39, 0.29) is 23.4 Å². The average molecular weight is 561 g/mol. The molecule has 2 aromatic rings. The molecule has 0 fully saturated rings. The maximum Gasteiger partial charge on any atom is 0.319 e. The van der Waals surface area contributed by atoms with Crippen LogP contribution in [0.4, 0.5) is 22.0 Å². The number of unbranched alkanes of at least 4 members (excludes halogenated alkanes) is 3. The van der Waals surface area contributed by atoms with Gasteiger partial charge in [-0.05, 0) is 62.1 Å². The van der Waals surface area contributed by atoms with Crippen molar-refractivity contribution < 1.29 is 18.0 Å². The summed E-state index contributed by atoms with van der Waals surface area (Å²) >= 11 is 0. The van der Waals surface area contributed by atoms with Crippen LogP contribution in [0.15, 0.2) is 47.5 Å². The van der Waals surface area contributed by atoms with Crippen LogP contribution in [-0.4, -0.2) is 44.5 Å². The number of pyridine rings is 1. The van der Waals surface area contributed by atoms with E-state index in [0.717, 1.165) is 38.6 Å². The second kappa shape index (κ2) is 16.6. The Balaban J connectivity index is 1.77. The molecule has 3 amide bonds. The lowest BCUT2D eigenvalue weighted by Gasteiger charge is -2.15. The monoisotopic (exact) mass is 560 g/mol. The smallest absolute Gasteiger partial charge is 0.319 e. The molecule has 0 aliphatic carbocycles. The third kappa shape index (κ3) is 12.8. The van der Waals surface area contributed by atoms with Crippen LogP contribution in [0.1, 0.15) is 72.6 Å². The van der Waals surface area contributed by atoms with Gasteiger partial charge in [0.15, 0.2) is 0 Å². The minimum Gasteiger partial charge on any atom is -0.370 e. The van der Waals surface area contributed by atoms with Crippen molar-refractivity contribution in [3.63, 3.8) is 0 Å². The lowest BCUT2D eigenvalue weighted by Crippen LogP contribution is -2.42. The fourth-order valence-corrected chi connectivity index (χ4v) is 4.82. The van der Waals surface area contributed by atoms with Gasteiger partial charge in [-0.25, -0.2) is 18.2 Å².